The quantitative estimate of drug-likeness (QED) is 0.890. The number of hydrogen-bond acceptors (Lipinski definition) is 3. The molecule has 0 spiro atoms. The van der Waals surface area contributed by atoms with Gasteiger partial charge in [0.2, 0.25) is 5.91 Å². The van der Waals surface area contributed by atoms with Crippen LogP contribution >= 0.6 is 11.6 Å². The minimum Gasteiger partial charge on any atom is -0.350 e. The van der Waals surface area contributed by atoms with Crippen molar-refractivity contribution in [1.82, 2.24) is 15.1 Å². The number of rotatable bonds is 3. The van der Waals surface area contributed by atoms with Gasteiger partial charge in [0.15, 0.2) is 0 Å². The molecule has 1 aliphatic heterocycles. The lowest BCUT2D eigenvalue weighted by molar-refractivity contribution is -0.123. The largest absolute Gasteiger partial charge is 0.350 e. The molecule has 1 fully saturated rings. The van der Waals surface area contributed by atoms with Gasteiger partial charge in [-0.3, -0.25) is 14.5 Å². The predicted octanol–water partition coefficient (Wildman–Crippen LogP) is 2.54. The number of halogens is 2. The van der Waals surface area contributed by atoms with Crippen LogP contribution in [-0.2, 0) is 4.79 Å². The molecule has 138 valence electrons. The van der Waals surface area contributed by atoms with Crippen LogP contribution in [0, 0.1) is 5.82 Å². The van der Waals surface area contributed by atoms with E-state index < -0.39 is 5.82 Å². The lowest BCUT2D eigenvalue weighted by Gasteiger charge is -2.25. The van der Waals surface area contributed by atoms with E-state index in [2.05, 4.69) is 5.32 Å². The predicted molar refractivity (Wildman–Crippen MR) is 96.3 cm³/mol. The molecule has 7 heteroatoms. The number of hydrogen-bond donors (Lipinski definition) is 1. The van der Waals surface area contributed by atoms with Crippen LogP contribution in [-0.4, -0.2) is 59.9 Å². The number of nitrogens with zero attached hydrogens (tertiary/aromatic N) is 2. The molecule has 1 aromatic rings. The highest BCUT2D eigenvalue weighted by Gasteiger charge is 2.24. The molecule has 2 amide bonds. The van der Waals surface area contributed by atoms with Crippen molar-refractivity contribution in [3.8, 4) is 0 Å². The van der Waals surface area contributed by atoms with E-state index in [1.807, 2.05) is 25.7 Å². The van der Waals surface area contributed by atoms with Gasteiger partial charge in [-0.25, -0.2) is 4.39 Å². The van der Waals surface area contributed by atoms with E-state index in [1.165, 1.54) is 12.1 Å². The number of benzene rings is 1. The molecular weight excluding hydrogens is 345 g/mol. The second-order valence-corrected chi connectivity index (χ2v) is 7.75. The fourth-order valence-corrected chi connectivity index (χ4v) is 3.07. The Bertz CT molecular complexity index is 646. The van der Waals surface area contributed by atoms with Gasteiger partial charge in [0, 0.05) is 31.7 Å². The van der Waals surface area contributed by atoms with E-state index in [-0.39, 0.29) is 22.4 Å². The number of carbonyl (C=O) groups excluding carboxylic acids is 2. The van der Waals surface area contributed by atoms with Gasteiger partial charge in [0.25, 0.3) is 5.91 Å². The number of carbonyl (C=O) groups is 2. The highest BCUT2D eigenvalue weighted by atomic mass is 35.5. The normalized spacial score (nSPS) is 16.4. The molecule has 5 nitrogen and oxygen atoms in total. The maximum Gasteiger partial charge on any atom is 0.255 e. The number of amides is 2. The minimum atomic E-state index is -0.464. The van der Waals surface area contributed by atoms with E-state index in [1.54, 1.807) is 4.90 Å². The third kappa shape index (κ3) is 5.97. The summed E-state index contributed by atoms with van der Waals surface area (Å²) in [5.41, 5.74) is 0.0477. The average Bonchev–Trinajstić information content (AvgIpc) is 2.70. The van der Waals surface area contributed by atoms with Crippen molar-refractivity contribution in [2.45, 2.75) is 32.7 Å². The van der Waals surface area contributed by atoms with E-state index >= 15 is 0 Å². The summed E-state index contributed by atoms with van der Waals surface area (Å²) in [5, 5.41) is 3.07. The van der Waals surface area contributed by atoms with Gasteiger partial charge in [0.05, 0.1) is 17.1 Å². The Morgan fingerprint density at radius 2 is 1.92 bits per heavy atom. The lowest BCUT2D eigenvalue weighted by atomic mass is 10.1. The van der Waals surface area contributed by atoms with Gasteiger partial charge in [0.1, 0.15) is 5.82 Å². The monoisotopic (exact) mass is 369 g/mol. The summed E-state index contributed by atoms with van der Waals surface area (Å²) in [6.07, 6.45) is 0.771. The standard InChI is InChI=1S/C18H25ClFN3O2/c1-18(2,3)21-16(24)12-22-7-4-8-23(10-9-22)17(25)14-6-5-13(20)11-15(14)19/h5-6,11H,4,7-10,12H2,1-3H3,(H,21,24). The van der Waals surface area contributed by atoms with Crippen LogP contribution in [0.25, 0.3) is 0 Å². The summed E-state index contributed by atoms with van der Waals surface area (Å²) >= 11 is 5.99. The smallest absolute Gasteiger partial charge is 0.255 e. The molecule has 0 aliphatic carbocycles. The fourth-order valence-electron chi connectivity index (χ4n) is 2.83. The first kappa shape index (κ1) is 19.7. The van der Waals surface area contributed by atoms with Gasteiger partial charge in [-0.2, -0.15) is 0 Å². The third-order valence-electron chi connectivity index (χ3n) is 3.92. The van der Waals surface area contributed by atoms with Crippen molar-refractivity contribution in [3.05, 3.63) is 34.6 Å². The second-order valence-electron chi connectivity index (χ2n) is 7.34. The SMILES string of the molecule is CC(C)(C)NC(=O)CN1CCCN(C(=O)c2ccc(F)cc2Cl)CC1. The molecule has 1 aromatic carbocycles. The van der Waals surface area contributed by atoms with Crippen molar-refractivity contribution < 1.29 is 14.0 Å². The van der Waals surface area contributed by atoms with Gasteiger partial charge in [-0.1, -0.05) is 11.6 Å². The summed E-state index contributed by atoms with van der Waals surface area (Å²) in [6, 6.07) is 3.80. The van der Waals surface area contributed by atoms with Crippen molar-refractivity contribution >= 4 is 23.4 Å². The molecule has 1 heterocycles. The van der Waals surface area contributed by atoms with Gasteiger partial charge in [-0.05, 0) is 45.4 Å². The Morgan fingerprint density at radius 3 is 2.56 bits per heavy atom. The lowest BCUT2D eigenvalue weighted by Crippen LogP contribution is -2.46. The Labute approximate surface area is 153 Å². The van der Waals surface area contributed by atoms with E-state index in [0.29, 0.717) is 31.7 Å². The highest BCUT2D eigenvalue weighted by molar-refractivity contribution is 6.33. The van der Waals surface area contributed by atoms with Crippen LogP contribution in [0.1, 0.15) is 37.6 Å². The Balaban J connectivity index is 1.94. The summed E-state index contributed by atoms with van der Waals surface area (Å²) in [6.45, 7) is 8.61. The first-order valence-electron chi connectivity index (χ1n) is 8.43. The second kappa shape index (κ2) is 8.15. The number of nitrogens with one attached hydrogen (secondary N) is 1. The van der Waals surface area contributed by atoms with Gasteiger partial charge < -0.3 is 10.2 Å². The summed E-state index contributed by atoms with van der Waals surface area (Å²) in [4.78, 5) is 28.4. The Kier molecular flexibility index (Phi) is 6.41. The van der Waals surface area contributed by atoms with Crippen molar-refractivity contribution in [3.63, 3.8) is 0 Å². The van der Waals surface area contributed by atoms with Crippen LogP contribution in [0.15, 0.2) is 18.2 Å². The van der Waals surface area contributed by atoms with Crippen LogP contribution in [0.3, 0.4) is 0 Å². The summed E-state index contributed by atoms with van der Waals surface area (Å²) in [7, 11) is 0. The van der Waals surface area contributed by atoms with Gasteiger partial charge >= 0.3 is 0 Å². The van der Waals surface area contributed by atoms with Crippen LogP contribution in [0.2, 0.25) is 5.02 Å². The molecule has 0 atom stereocenters. The zero-order valence-electron chi connectivity index (χ0n) is 14.9. The molecule has 0 unspecified atom stereocenters. The maximum absolute atomic E-state index is 13.2. The first-order chi connectivity index (χ1) is 11.7. The minimum absolute atomic E-state index is 0.0196. The third-order valence-corrected chi connectivity index (χ3v) is 4.23. The molecule has 1 N–H and O–H groups in total. The zero-order valence-corrected chi connectivity index (χ0v) is 15.7. The molecule has 0 radical (unpaired) electrons. The topological polar surface area (TPSA) is 52.7 Å². The van der Waals surface area contributed by atoms with E-state index in [0.717, 1.165) is 19.0 Å². The summed E-state index contributed by atoms with van der Waals surface area (Å²) in [5.74, 6) is -0.687. The zero-order chi connectivity index (χ0) is 18.6. The molecule has 25 heavy (non-hydrogen) atoms. The van der Waals surface area contributed by atoms with Crippen LogP contribution < -0.4 is 5.32 Å². The molecular formula is C18H25ClFN3O2. The van der Waals surface area contributed by atoms with Crippen LogP contribution in [0.5, 0.6) is 0 Å². The molecule has 0 bridgehead atoms. The van der Waals surface area contributed by atoms with E-state index in [9.17, 15) is 14.0 Å². The molecule has 1 aliphatic rings. The molecule has 0 aromatic heterocycles. The molecule has 2 rings (SSSR count). The fraction of sp³-hybridized carbons (Fsp3) is 0.556. The van der Waals surface area contributed by atoms with Crippen molar-refractivity contribution in [2.24, 2.45) is 0 Å². The van der Waals surface area contributed by atoms with E-state index in [4.69, 9.17) is 11.6 Å². The summed E-state index contributed by atoms with van der Waals surface area (Å²) < 4.78 is 13.2. The highest BCUT2D eigenvalue weighted by Crippen LogP contribution is 2.20. The van der Waals surface area contributed by atoms with Crippen LogP contribution in [0.4, 0.5) is 4.39 Å². The Morgan fingerprint density at radius 1 is 1.20 bits per heavy atom. The van der Waals surface area contributed by atoms with Crippen molar-refractivity contribution in [1.29, 1.82) is 0 Å². The molecule has 0 saturated carbocycles. The Hall–Kier alpha value is -1.66. The van der Waals surface area contributed by atoms with Gasteiger partial charge in [-0.15, -0.1) is 0 Å². The maximum atomic E-state index is 13.2. The van der Waals surface area contributed by atoms with Crippen molar-refractivity contribution in [2.75, 3.05) is 32.7 Å². The average molecular weight is 370 g/mol. The molecule has 1 saturated heterocycles. The first-order valence-corrected chi connectivity index (χ1v) is 8.81.